The third kappa shape index (κ3) is 3.94. The fourth-order valence-corrected chi connectivity index (χ4v) is 1.40. The Morgan fingerprint density at radius 1 is 1.59 bits per heavy atom. The summed E-state index contributed by atoms with van der Waals surface area (Å²) in [5, 5.41) is 0. The molecule has 1 rings (SSSR count). The molecule has 0 saturated carbocycles. The van der Waals surface area contributed by atoms with E-state index in [1.807, 2.05) is 24.9 Å². The van der Waals surface area contributed by atoms with Gasteiger partial charge in [0.15, 0.2) is 0 Å². The molecule has 1 heterocycles. The Labute approximate surface area is 102 Å². The molecule has 0 unspecified atom stereocenters. The molecule has 0 fully saturated rings. The smallest absolute Gasteiger partial charge is 0.307 e. The predicted octanol–water partition coefficient (Wildman–Crippen LogP) is 1.36. The average Bonchev–Trinajstić information content (AvgIpc) is 2.30. The number of esters is 1. The lowest BCUT2D eigenvalue weighted by Gasteiger charge is -2.19. The van der Waals surface area contributed by atoms with Crippen LogP contribution in [0.2, 0.25) is 0 Å². The highest BCUT2D eigenvalue weighted by Gasteiger charge is 2.07. The Bertz CT molecular complexity index is 393. The van der Waals surface area contributed by atoms with Crippen molar-refractivity contribution in [2.75, 3.05) is 30.8 Å². The van der Waals surface area contributed by atoms with E-state index in [0.29, 0.717) is 25.4 Å². The Balaban J connectivity index is 2.54. The van der Waals surface area contributed by atoms with Crippen molar-refractivity contribution in [3.8, 4) is 0 Å². The molecule has 1 aromatic heterocycles. The van der Waals surface area contributed by atoms with Crippen molar-refractivity contribution in [2.45, 2.75) is 20.3 Å². The zero-order valence-corrected chi connectivity index (χ0v) is 10.6. The number of nitrogen functional groups attached to an aromatic ring is 1. The summed E-state index contributed by atoms with van der Waals surface area (Å²) in [5.74, 6) is 0.354. The van der Waals surface area contributed by atoms with E-state index in [0.717, 1.165) is 11.3 Å². The van der Waals surface area contributed by atoms with Gasteiger partial charge in [0, 0.05) is 13.6 Å². The second-order valence-corrected chi connectivity index (χ2v) is 3.87. The van der Waals surface area contributed by atoms with Gasteiger partial charge in [-0.3, -0.25) is 4.79 Å². The van der Waals surface area contributed by atoms with Crippen molar-refractivity contribution in [2.24, 2.45) is 0 Å². The Kier molecular flexibility index (Phi) is 4.75. The van der Waals surface area contributed by atoms with Crippen LogP contribution in [0, 0.1) is 6.92 Å². The van der Waals surface area contributed by atoms with Crippen molar-refractivity contribution in [1.82, 2.24) is 4.98 Å². The maximum absolute atomic E-state index is 11.2. The van der Waals surface area contributed by atoms with Crippen molar-refractivity contribution < 1.29 is 9.53 Å². The molecule has 1 aromatic rings. The third-order valence-electron chi connectivity index (χ3n) is 2.50. The summed E-state index contributed by atoms with van der Waals surface area (Å²) in [6.45, 7) is 4.73. The maximum Gasteiger partial charge on any atom is 0.307 e. The number of aryl methyl sites for hydroxylation is 1. The van der Waals surface area contributed by atoms with E-state index in [2.05, 4.69) is 4.98 Å². The Morgan fingerprint density at radius 3 is 2.88 bits per heavy atom. The quantitative estimate of drug-likeness (QED) is 0.783. The minimum atomic E-state index is -0.181. The van der Waals surface area contributed by atoms with Gasteiger partial charge in [0.2, 0.25) is 0 Å². The van der Waals surface area contributed by atoms with Crippen LogP contribution in [0.25, 0.3) is 0 Å². The number of aromatic nitrogens is 1. The number of carbonyl (C=O) groups excluding carboxylic acids is 1. The van der Waals surface area contributed by atoms with Crippen LogP contribution in [0.4, 0.5) is 11.5 Å². The molecule has 2 N–H and O–H groups in total. The Hall–Kier alpha value is -1.78. The number of hydrogen-bond acceptors (Lipinski definition) is 5. The molecule has 5 nitrogen and oxygen atoms in total. The molecular formula is C12H19N3O2. The van der Waals surface area contributed by atoms with Crippen molar-refractivity contribution >= 4 is 17.5 Å². The monoisotopic (exact) mass is 237 g/mol. The lowest BCUT2D eigenvalue weighted by atomic mass is 10.2. The fraction of sp³-hybridized carbons (Fsp3) is 0.500. The van der Waals surface area contributed by atoms with Gasteiger partial charge < -0.3 is 15.4 Å². The first kappa shape index (κ1) is 13.3. The van der Waals surface area contributed by atoms with Gasteiger partial charge in [-0.2, -0.15) is 0 Å². The van der Waals surface area contributed by atoms with Crippen molar-refractivity contribution in [3.63, 3.8) is 0 Å². The van der Waals surface area contributed by atoms with E-state index in [4.69, 9.17) is 10.5 Å². The highest BCUT2D eigenvalue weighted by Crippen LogP contribution is 2.16. The summed E-state index contributed by atoms with van der Waals surface area (Å²) in [6.07, 6.45) is 2.07. The van der Waals surface area contributed by atoms with E-state index in [-0.39, 0.29) is 5.97 Å². The summed E-state index contributed by atoms with van der Waals surface area (Å²) >= 11 is 0. The molecule has 0 bridgehead atoms. The number of hydrogen-bond donors (Lipinski definition) is 1. The number of nitrogens with zero attached hydrogens (tertiary/aromatic N) is 2. The normalized spacial score (nSPS) is 10.1. The van der Waals surface area contributed by atoms with Gasteiger partial charge in [0.1, 0.15) is 5.82 Å². The highest BCUT2D eigenvalue weighted by molar-refractivity contribution is 5.70. The van der Waals surface area contributed by atoms with Gasteiger partial charge >= 0.3 is 5.97 Å². The largest absolute Gasteiger partial charge is 0.466 e. The first-order valence-corrected chi connectivity index (χ1v) is 5.63. The molecule has 94 valence electrons. The summed E-state index contributed by atoms with van der Waals surface area (Å²) in [4.78, 5) is 17.3. The first-order chi connectivity index (χ1) is 8.04. The molecule has 0 radical (unpaired) electrons. The SMILES string of the molecule is CCOC(=O)CCN(C)c1cnc(N)c(C)c1. The molecule has 0 atom stereocenters. The summed E-state index contributed by atoms with van der Waals surface area (Å²) in [7, 11) is 1.91. The number of rotatable bonds is 5. The van der Waals surface area contributed by atoms with Crippen LogP contribution in [-0.2, 0) is 9.53 Å². The molecule has 0 aliphatic heterocycles. The van der Waals surface area contributed by atoms with Crippen LogP contribution < -0.4 is 10.6 Å². The van der Waals surface area contributed by atoms with Crippen LogP contribution in [0.1, 0.15) is 18.9 Å². The molecule has 0 aliphatic rings. The molecule has 17 heavy (non-hydrogen) atoms. The topological polar surface area (TPSA) is 68.5 Å². The molecule has 0 spiro atoms. The number of pyridine rings is 1. The van der Waals surface area contributed by atoms with E-state index >= 15 is 0 Å². The molecule has 0 aliphatic carbocycles. The molecule has 5 heteroatoms. The third-order valence-corrected chi connectivity index (χ3v) is 2.50. The van der Waals surface area contributed by atoms with Crippen LogP contribution in [0.5, 0.6) is 0 Å². The summed E-state index contributed by atoms with van der Waals surface area (Å²) in [6, 6.07) is 1.95. The van der Waals surface area contributed by atoms with E-state index < -0.39 is 0 Å². The Morgan fingerprint density at radius 2 is 2.29 bits per heavy atom. The number of ether oxygens (including phenoxy) is 1. The van der Waals surface area contributed by atoms with E-state index in [9.17, 15) is 4.79 Å². The van der Waals surface area contributed by atoms with Crippen LogP contribution in [0.3, 0.4) is 0 Å². The van der Waals surface area contributed by atoms with Crippen molar-refractivity contribution in [3.05, 3.63) is 17.8 Å². The zero-order chi connectivity index (χ0) is 12.8. The lowest BCUT2D eigenvalue weighted by molar-refractivity contribution is -0.142. The second kappa shape index (κ2) is 6.08. The molecule has 0 amide bonds. The van der Waals surface area contributed by atoms with E-state index in [1.165, 1.54) is 0 Å². The van der Waals surface area contributed by atoms with Gasteiger partial charge in [-0.25, -0.2) is 4.98 Å². The van der Waals surface area contributed by atoms with Gasteiger partial charge in [0.25, 0.3) is 0 Å². The van der Waals surface area contributed by atoms with Gasteiger partial charge in [0.05, 0.1) is 24.9 Å². The van der Waals surface area contributed by atoms with Crippen LogP contribution in [0.15, 0.2) is 12.3 Å². The summed E-state index contributed by atoms with van der Waals surface area (Å²) in [5.41, 5.74) is 7.53. The molecule has 0 aromatic carbocycles. The van der Waals surface area contributed by atoms with E-state index in [1.54, 1.807) is 13.1 Å². The standard InChI is InChI=1S/C12H19N3O2/c1-4-17-11(16)5-6-15(3)10-7-9(2)12(13)14-8-10/h7-8H,4-6H2,1-3H3,(H2,13,14). The van der Waals surface area contributed by atoms with Crippen LogP contribution >= 0.6 is 0 Å². The minimum absolute atomic E-state index is 0.181. The maximum atomic E-state index is 11.2. The summed E-state index contributed by atoms with van der Waals surface area (Å²) < 4.78 is 4.87. The number of nitrogens with two attached hydrogens (primary N) is 1. The van der Waals surface area contributed by atoms with Crippen molar-refractivity contribution in [1.29, 1.82) is 0 Å². The fourth-order valence-electron chi connectivity index (χ4n) is 1.40. The number of anilines is 2. The minimum Gasteiger partial charge on any atom is -0.466 e. The predicted molar refractivity (Wildman–Crippen MR) is 67.9 cm³/mol. The first-order valence-electron chi connectivity index (χ1n) is 5.63. The zero-order valence-electron chi connectivity index (χ0n) is 10.6. The number of carbonyl (C=O) groups is 1. The van der Waals surface area contributed by atoms with Gasteiger partial charge in [-0.15, -0.1) is 0 Å². The molecular weight excluding hydrogens is 218 g/mol. The average molecular weight is 237 g/mol. The molecule has 0 saturated heterocycles. The van der Waals surface area contributed by atoms with Gasteiger partial charge in [-0.1, -0.05) is 0 Å². The van der Waals surface area contributed by atoms with Gasteiger partial charge in [-0.05, 0) is 25.5 Å². The van der Waals surface area contributed by atoms with Crippen LogP contribution in [-0.4, -0.2) is 31.2 Å². The lowest BCUT2D eigenvalue weighted by Crippen LogP contribution is -2.22. The highest BCUT2D eigenvalue weighted by atomic mass is 16.5. The second-order valence-electron chi connectivity index (χ2n) is 3.87.